The SMILES string of the molecule is CN=C(NCC1(C)CCCS1)NCC(C)(C)c1ccc(OC)c(OC)c1.I. The fourth-order valence-electron chi connectivity index (χ4n) is 3.13. The first-order valence-corrected chi connectivity index (χ1v) is 10.1. The Balaban J connectivity index is 0.00000364. The average molecular weight is 507 g/mol. The van der Waals surface area contributed by atoms with Crippen LogP contribution in [0.4, 0.5) is 0 Å². The van der Waals surface area contributed by atoms with Gasteiger partial charge < -0.3 is 20.1 Å². The fraction of sp³-hybridized carbons (Fsp3) is 0.650. The molecule has 2 N–H and O–H groups in total. The lowest BCUT2D eigenvalue weighted by atomic mass is 9.84. The summed E-state index contributed by atoms with van der Waals surface area (Å²) in [7, 11) is 5.14. The van der Waals surface area contributed by atoms with Crippen LogP contribution in [0.2, 0.25) is 0 Å². The van der Waals surface area contributed by atoms with Crippen molar-refractivity contribution in [2.75, 3.05) is 40.1 Å². The van der Waals surface area contributed by atoms with Gasteiger partial charge in [0, 0.05) is 30.3 Å². The summed E-state index contributed by atoms with van der Waals surface area (Å²) in [5.74, 6) is 3.62. The lowest BCUT2D eigenvalue weighted by Crippen LogP contribution is -2.47. The molecule has 0 amide bonds. The number of thioether (sulfide) groups is 1. The Morgan fingerprint density at radius 3 is 2.48 bits per heavy atom. The van der Waals surface area contributed by atoms with Crippen molar-refractivity contribution in [1.82, 2.24) is 10.6 Å². The highest BCUT2D eigenvalue weighted by molar-refractivity contribution is 14.0. The van der Waals surface area contributed by atoms with Gasteiger partial charge >= 0.3 is 0 Å². The van der Waals surface area contributed by atoms with E-state index in [9.17, 15) is 0 Å². The second-order valence-electron chi connectivity index (χ2n) is 7.63. The van der Waals surface area contributed by atoms with E-state index in [0.717, 1.165) is 30.5 Å². The second-order valence-corrected chi connectivity index (χ2v) is 9.32. The Labute approximate surface area is 185 Å². The summed E-state index contributed by atoms with van der Waals surface area (Å²) in [5.41, 5.74) is 1.11. The number of methoxy groups -OCH3 is 2. The summed E-state index contributed by atoms with van der Waals surface area (Å²) < 4.78 is 11.1. The molecule has 7 heteroatoms. The molecule has 1 fully saturated rings. The minimum Gasteiger partial charge on any atom is -0.493 e. The molecule has 1 heterocycles. The van der Waals surface area contributed by atoms with Crippen molar-refractivity contribution in [3.8, 4) is 11.5 Å². The van der Waals surface area contributed by atoms with Gasteiger partial charge in [-0.25, -0.2) is 0 Å². The molecule has 1 aliphatic rings. The van der Waals surface area contributed by atoms with Crippen LogP contribution in [0, 0.1) is 0 Å². The number of halogens is 1. The topological polar surface area (TPSA) is 54.9 Å². The smallest absolute Gasteiger partial charge is 0.191 e. The Bertz CT molecular complexity index is 632. The van der Waals surface area contributed by atoms with E-state index < -0.39 is 0 Å². The van der Waals surface area contributed by atoms with Gasteiger partial charge in [-0.1, -0.05) is 19.9 Å². The average Bonchev–Trinajstić information content (AvgIpc) is 3.08. The zero-order chi connectivity index (χ0) is 19.2. The number of guanidine groups is 1. The Kier molecular flexibility index (Phi) is 9.54. The van der Waals surface area contributed by atoms with E-state index in [2.05, 4.69) is 54.2 Å². The predicted octanol–water partition coefficient (Wildman–Crippen LogP) is 4.05. The molecule has 2 rings (SSSR count). The third-order valence-electron chi connectivity index (χ3n) is 5.02. The van der Waals surface area contributed by atoms with Crippen LogP contribution in [0.1, 0.15) is 39.2 Å². The maximum Gasteiger partial charge on any atom is 0.191 e. The van der Waals surface area contributed by atoms with Gasteiger partial charge in [0.25, 0.3) is 0 Å². The summed E-state index contributed by atoms with van der Waals surface area (Å²) in [6, 6.07) is 6.10. The van der Waals surface area contributed by atoms with Crippen LogP contribution in [0.3, 0.4) is 0 Å². The maximum absolute atomic E-state index is 5.44. The van der Waals surface area contributed by atoms with E-state index in [0.29, 0.717) is 4.75 Å². The zero-order valence-electron chi connectivity index (χ0n) is 17.3. The number of nitrogens with one attached hydrogen (secondary N) is 2. The molecule has 1 aromatic rings. The van der Waals surface area contributed by atoms with E-state index in [-0.39, 0.29) is 29.4 Å². The van der Waals surface area contributed by atoms with Gasteiger partial charge in [0.2, 0.25) is 0 Å². The number of hydrogen-bond acceptors (Lipinski definition) is 4. The molecule has 154 valence electrons. The summed E-state index contributed by atoms with van der Waals surface area (Å²) >= 11 is 2.05. The monoisotopic (exact) mass is 507 g/mol. The summed E-state index contributed by atoms with van der Waals surface area (Å²) in [4.78, 5) is 4.38. The van der Waals surface area contributed by atoms with Crippen molar-refractivity contribution in [3.05, 3.63) is 23.8 Å². The molecule has 1 aromatic carbocycles. The van der Waals surface area contributed by atoms with Crippen LogP contribution in [-0.2, 0) is 5.41 Å². The lowest BCUT2D eigenvalue weighted by Gasteiger charge is -2.29. The first-order valence-electron chi connectivity index (χ1n) is 9.14. The van der Waals surface area contributed by atoms with E-state index in [4.69, 9.17) is 9.47 Å². The quantitative estimate of drug-likeness (QED) is 0.332. The van der Waals surface area contributed by atoms with Crippen LogP contribution < -0.4 is 20.1 Å². The highest BCUT2D eigenvalue weighted by Gasteiger charge is 2.29. The van der Waals surface area contributed by atoms with Crippen molar-refractivity contribution in [2.24, 2.45) is 4.99 Å². The number of benzene rings is 1. The number of ether oxygens (including phenoxy) is 2. The molecule has 1 saturated heterocycles. The highest BCUT2D eigenvalue weighted by atomic mass is 127. The fourth-order valence-corrected chi connectivity index (χ4v) is 4.38. The molecule has 0 spiro atoms. The normalized spacial score (nSPS) is 20.0. The predicted molar refractivity (Wildman–Crippen MR) is 127 cm³/mol. The highest BCUT2D eigenvalue weighted by Crippen LogP contribution is 2.37. The summed E-state index contributed by atoms with van der Waals surface area (Å²) in [6.07, 6.45) is 2.57. The minimum atomic E-state index is -0.0802. The number of aliphatic imine (C=N–C) groups is 1. The van der Waals surface area contributed by atoms with Crippen molar-refractivity contribution < 1.29 is 9.47 Å². The van der Waals surface area contributed by atoms with Crippen LogP contribution in [0.25, 0.3) is 0 Å². The molecule has 0 aromatic heterocycles. The van der Waals surface area contributed by atoms with Gasteiger partial charge in [0.05, 0.1) is 14.2 Å². The molecule has 0 saturated carbocycles. The van der Waals surface area contributed by atoms with E-state index >= 15 is 0 Å². The first kappa shape index (κ1) is 24.2. The van der Waals surface area contributed by atoms with Gasteiger partial charge in [0.1, 0.15) is 0 Å². The molecule has 1 aliphatic heterocycles. The van der Waals surface area contributed by atoms with Crippen molar-refractivity contribution in [2.45, 2.75) is 43.8 Å². The molecule has 0 radical (unpaired) electrons. The summed E-state index contributed by atoms with van der Waals surface area (Å²) in [5, 5.41) is 6.96. The standard InChI is InChI=1S/C20H33N3O2S.HI/c1-19(2,15-8-9-16(24-5)17(12-15)25-6)13-22-18(21-4)23-14-20(3)10-7-11-26-20;/h8-9,12H,7,10-11,13-14H2,1-6H3,(H2,21,22,23);1H. The van der Waals surface area contributed by atoms with Crippen LogP contribution in [0.15, 0.2) is 23.2 Å². The first-order chi connectivity index (χ1) is 12.3. The molecule has 5 nitrogen and oxygen atoms in total. The molecular weight excluding hydrogens is 473 g/mol. The Morgan fingerprint density at radius 2 is 1.93 bits per heavy atom. The molecular formula is C20H34IN3O2S. The van der Waals surface area contributed by atoms with E-state index in [1.54, 1.807) is 14.2 Å². The number of hydrogen-bond donors (Lipinski definition) is 2. The lowest BCUT2D eigenvalue weighted by molar-refractivity contribution is 0.353. The van der Waals surface area contributed by atoms with Gasteiger partial charge in [-0.15, -0.1) is 24.0 Å². The Morgan fingerprint density at radius 1 is 1.22 bits per heavy atom. The molecule has 1 unspecified atom stereocenters. The molecule has 0 aliphatic carbocycles. The number of nitrogens with zero attached hydrogens (tertiary/aromatic N) is 1. The zero-order valence-corrected chi connectivity index (χ0v) is 20.5. The molecule has 0 bridgehead atoms. The Hall–Kier alpha value is -0.830. The van der Waals surface area contributed by atoms with Gasteiger partial charge in [0.15, 0.2) is 17.5 Å². The minimum absolute atomic E-state index is 0. The van der Waals surface area contributed by atoms with E-state index in [1.807, 2.05) is 19.2 Å². The third kappa shape index (κ3) is 6.62. The van der Waals surface area contributed by atoms with Gasteiger partial charge in [-0.2, -0.15) is 11.8 Å². The van der Waals surface area contributed by atoms with Crippen LogP contribution in [0.5, 0.6) is 11.5 Å². The van der Waals surface area contributed by atoms with Crippen molar-refractivity contribution >= 4 is 41.7 Å². The maximum atomic E-state index is 5.44. The third-order valence-corrected chi connectivity index (χ3v) is 6.55. The van der Waals surface area contributed by atoms with Crippen LogP contribution >= 0.6 is 35.7 Å². The van der Waals surface area contributed by atoms with Crippen molar-refractivity contribution in [1.29, 1.82) is 0 Å². The second kappa shape index (κ2) is 10.6. The number of rotatable bonds is 7. The van der Waals surface area contributed by atoms with Gasteiger partial charge in [-0.3, -0.25) is 4.99 Å². The summed E-state index contributed by atoms with van der Waals surface area (Å²) in [6.45, 7) is 8.46. The van der Waals surface area contributed by atoms with Crippen LogP contribution in [-0.4, -0.2) is 50.8 Å². The largest absolute Gasteiger partial charge is 0.493 e. The van der Waals surface area contributed by atoms with Crippen molar-refractivity contribution in [3.63, 3.8) is 0 Å². The van der Waals surface area contributed by atoms with E-state index in [1.165, 1.54) is 24.2 Å². The molecule has 27 heavy (non-hydrogen) atoms. The molecule has 1 atom stereocenters. The van der Waals surface area contributed by atoms with Gasteiger partial charge in [-0.05, 0) is 43.2 Å².